The van der Waals surface area contributed by atoms with Gasteiger partial charge in [0.1, 0.15) is 19.0 Å². The van der Waals surface area contributed by atoms with Crippen LogP contribution in [-0.4, -0.2) is 33.3 Å². The molecule has 0 spiro atoms. The molecule has 0 saturated heterocycles. The van der Waals surface area contributed by atoms with Gasteiger partial charge < -0.3 is 19.1 Å². The highest BCUT2D eigenvalue weighted by Gasteiger charge is 2.16. The molecule has 2 aromatic rings. The summed E-state index contributed by atoms with van der Waals surface area (Å²) in [6, 6.07) is 13.3. The van der Waals surface area contributed by atoms with Gasteiger partial charge in [-0.15, -0.1) is 0 Å². The third kappa shape index (κ3) is 3.62. The molecule has 1 heterocycles. The average molecular weight is 327 g/mol. The van der Waals surface area contributed by atoms with Gasteiger partial charge in [0.05, 0.1) is 7.11 Å². The first kappa shape index (κ1) is 16.2. The minimum Gasteiger partial charge on any atom is -0.497 e. The number of methoxy groups -OCH3 is 1. The van der Waals surface area contributed by atoms with Crippen molar-refractivity contribution in [2.45, 2.75) is 12.8 Å². The van der Waals surface area contributed by atoms with Crippen LogP contribution in [0.1, 0.15) is 12.0 Å². The van der Waals surface area contributed by atoms with Gasteiger partial charge in [0.15, 0.2) is 11.5 Å². The fraction of sp³-hybridized carbons (Fsp3) is 0.316. The summed E-state index contributed by atoms with van der Waals surface area (Å²) in [4.78, 5) is 14.1. The Kier molecular flexibility index (Phi) is 4.89. The molecule has 24 heavy (non-hydrogen) atoms. The van der Waals surface area contributed by atoms with Crippen LogP contribution in [0, 0.1) is 0 Å². The fourth-order valence-corrected chi connectivity index (χ4v) is 2.60. The lowest BCUT2D eigenvalue weighted by Gasteiger charge is -2.22. The second kappa shape index (κ2) is 7.25. The predicted molar refractivity (Wildman–Crippen MR) is 92.2 cm³/mol. The number of anilines is 1. The summed E-state index contributed by atoms with van der Waals surface area (Å²) in [5, 5.41) is 0. The van der Waals surface area contributed by atoms with Crippen molar-refractivity contribution in [3.05, 3.63) is 48.0 Å². The zero-order chi connectivity index (χ0) is 16.9. The molecule has 5 nitrogen and oxygen atoms in total. The highest BCUT2D eigenvalue weighted by Crippen LogP contribution is 2.33. The van der Waals surface area contributed by atoms with Crippen LogP contribution >= 0.6 is 0 Å². The van der Waals surface area contributed by atoms with Crippen LogP contribution in [0.3, 0.4) is 0 Å². The molecular weight excluding hydrogens is 306 g/mol. The van der Waals surface area contributed by atoms with E-state index in [0.29, 0.717) is 31.8 Å². The van der Waals surface area contributed by atoms with E-state index in [0.717, 1.165) is 22.7 Å². The van der Waals surface area contributed by atoms with Gasteiger partial charge in [0, 0.05) is 25.2 Å². The molecule has 0 aromatic heterocycles. The molecule has 0 radical (unpaired) electrons. The molecule has 0 N–H and O–H groups in total. The van der Waals surface area contributed by atoms with Gasteiger partial charge in [-0.2, -0.15) is 0 Å². The van der Waals surface area contributed by atoms with Crippen LogP contribution in [-0.2, 0) is 11.2 Å². The zero-order valence-corrected chi connectivity index (χ0v) is 14.0. The van der Waals surface area contributed by atoms with Crippen molar-refractivity contribution in [3.63, 3.8) is 0 Å². The Morgan fingerprint density at radius 1 is 1.08 bits per heavy atom. The van der Waals surface area contributed by atoms with Crippen molar-refractivity contribution in [3.8, 4) is 17.2 Å². The molecule has 1 aliphatic rings. The minimum absolute atomic E-state index is 0.0579. The van der Waals surface area contributed by atoms with Crippen molar-refractivity contribution in [1.29, 1.82) is 0 Å². The molecule has 2 aromatic carbocycles. The smallest absolute Gasteiger partial charge is 0.227 e. The summed E-state index contributed by atoms with van der Waals surface area (Å²) in [5.41, 5.74) is 1.92. The molecule has 5 heteroatoms. The van der Waals surface area contributed by atoms with Crippen LogP contribution in [0.15, 0.2) is 42.5 Å². The highest BCUT2D eigenvalue weighted by atomic mass is 16.6. The van der Waals surface area contributed by atoms with E-state index in [1.807, 2.05) is 42.5 Å². The average Bonchev–Trinajstić information content (AvgIpc) is 2.65. The van der Waals surface area contributed by atoms with Gasteiger partial charge >= 0.3 is 0 Å². The Morgan fingerprint density at radius 2 is 1.79 bits per heavy atom. The lowest BCUT2D eigenvalue weighted by Crippen LogP contribution is -2.26. The maximum Gasteiger partial charge on any atom is 0.227 e. The third-order valence-corrected chi connectivity index (χ3v) is 4.07. The molecule has 0 aliphatic carbocycles. The van der Waals surface area contributed by atoms with Gasteiger partial charge in [-0.3, -0.25) is 4.79 Å². The number of carbonyl (C=O) groups excluding carboxylic acids is 1. The van der Waals surface area contributed by atoms with Crippen LogP contribution in [0.4, 0.5) is 5.69 Å². The first-order valence-corrected chi connectivity index (χ1v) is 7.96. The first-order valence-electron chi connectivity index (χ1n) is 7.96. The molecule has 0 saturated carbocycles. The zero-order valence-electron chi connectivity index (χ0n) is 14.0. The van der Waals surface area contributed by atoms with Crippen molar-refractivity contribution >= 4 is 11.6 Å². The van der Waals surface area contributed by atoms with Crippen LogP contribution < -0.4 is 19.1 Å². The van der Waals surface area contributed by atoms with Gasteiger partial charge in [0.25, 0.3) is 0 Å². The Balaban J connectivity index is 1.61. The van der Waals surface area contributed by atoms with Crippen LogP contribution in [0.2, 0.25) is 0 Å². The number of amides is 1. The largest absolute Gasteiger partial charge is 0.497 e. The summed E-state index contributed by atoms with van der Waals surface area (Å²) in [7, 11) is 3.42. The Morgan fingerprint density at radius 3 is 2.50 bits per heavy atom. The summed E-state index contributed by atoms with van der Waals surface area (Å²) in [6.07, 6.45) is 1.13. The normalized spacial score (nSPS) is 12.6. The lowest BCUT2D eigenvalue weighted by molar-refractivity contribution is -0.118. The Labute approximate surface area is 141 Å². The number of hydrogen-bond acceptors (Lipinski definition) is 4. The number of ether oxygens (including phenoxy) is 3. The second-order valence-corrected chi connectivity index (χ2v) is 5.63. The standard InChI is InChI=1S/C19H21NO4/c1-20(15-6-9-17-18(13-15)24-12-11-23-17)19(21)10-5-14-3-7-16(22-2)8-4-14/h3-4,6-9,13H,5,10-12H2,1-2H3. The summed E-state index contributed by atoms with van der Waals surface area (Å²) >= 11 is 0. The molecular formula is C19H21NO4. The van der Waals surface area contributed by atoms with Crippen LogP contribution in [0.5, 0.6) is 17.2 Å². The predicted octanol–water partition coefficient (Wildman–Crippen LogP) is 3.06. The number of benzene rings is 2. The van der Waals surface area contributed by atoms with Gasteiger partial charge in [-0.25, -0.2) is 0 Å². The summed E-state index contributed by atoms with van der Waals surface area (Å²) in [6.45, 7) is 1.09. The maximum atomic E-state index is 12.4. The number of hydrogen-bond donors (Lipinski definition) is 0. The number of fused-ring (bicyclic) bond motifs is 1. The van der Waals surface area contributed by atoms with Crippen molar-refractivity contribution in [1.82, 2.24) is 0 Å². The number of carbonyl (C=O) groups is 1. The lowest BCUT2D eigenvalue weighted by atomic mass is 10.1. The highest BCUT2D eigenvalue weighted by molar-refractivity contribution is 5.93. The van der Waals surface area contributed by atoms with Crippen molar-refractivity contribution < 1.29 is 19.0 Å². The second-order valence-electron chi connectivity index (χ2n) is 5.63. The van der Waals surface area contributed by atoms with E-state index in [9.17, 15) is 4.79 Å². The van der Waals surface area contributed by atoms with Gasteiger partial charge in [0.2, 0.25) is 5.91 Å². The molecule has 0 fully saturated rings. The molecule has 0 unspecified atom stereocenters. The van der Waals surface area contributed by atoms with E-state index in [-0.39, 0.29) is 5.91 Å². The van der Waals surface area contributed by atoms with Gasteiger partial charge in [-0.05, 0) is 36.2 Å². The quantitative estimate of drug-likeness (QED) is 0.847. The van der Waals surface area contributed by atoms with Crippen molar-refractivity contribution in [2.75, 3.05) is 32.3 Å². The van der Waals surface area contributed by atoms with E-state index in [1.165, 1.54) is 0 Å². The molecule has 0 atom stereocenters. The fourth-order valence-electron chi connectivity index (χ4n) is 2.60. The Hall–Kier alpha value is -2.69. The first-order chi connectivity index (χ1) is 11.7. The third-order valence-electron chi connectivity index (χ3n) is 4.07. The molecule has 1 amide bonds. The summed E-state index contributed by atoms with van der Waals surface area (Å²) in [5.74, 6) is 2.29. The van der Waals surface area contributed by atoms with E-state index in [4.69, 9.17) is 14.2 Å². The minimum atomic E-state index is 0.0579. The van der Waals surface area contributed by atoms with E-state index in [1.54, 1.807) is 19.1 Å². The van der Waals surface area contributed by atoms with Crippen molar-refractivity contribution in [2.24, 2.45) is 0 Å². The summed E-state index contributed by atoms with van der Waals surface area (Å²) < 4.78 is 16.2. The van der Waals surface area contributed by atoms with E-state index in [2.05, 4.69) is 0 Å². The number of aryl methyl sites for hydroxylation is 1. The van der Waals surface area contributed by atoms with Crippen LogP contribution in [0.25, 0.3) is 0 Å². The molecule has 3 rings (SSSR count). The maximum absolute atomic E-state index is 12.4. The molecule has 0 bridgehead atoms. The van der Waals surface area contributed by atoms with Gasteiger partial charge in [-0.1, -0.05) is 12.1 Å². The SMILES string of the molecule is COc1ccc(CCC(=O)N(C)c2ccc3c(c2)OCCO3)cc1. The number of rotatable bonds is 5. The monoisotopic (exact) mass is 327 g/mol. The Bertz CT molecular complexity index is 712. The topological polar surface area (TPSA) is 48.0 Å². The molecule has 1 aliphatic heterocycles. The number of nitrogens with zero attached hydrogens (tertiary/aromatic N) is 1. The van der Waals surface area contributed by atoms with E-state index < -0.39 is 0 Å². The molecule has 126 valence electrons. The van der Waals surface area contributed by atoms with E-state index >= 15 is 0 Å².